The standard InChI is InChI=1S/C15H12ClN3O4/c1-9(10-3-2-4-12(7-10)19(22)23)17-18-15(21)13-6-5-11(16)8-14(13)20/h2-8,20H,1H3,(H,18,21)/b17-9+. The highest BCUT2D eigenvalue weighted by molar-refractivity contribution is 6.30. The molecule has 0 aromatic heterocycles. The molecule has 0 saturated heterocycles. The van der Waals surface area contributed by atoms with Gasteiger partial charge >= 0.3 is 0 Å². The molecule has 118 valence electrons. The maximum absolute atomic E-state index is 12.0. The zero-order chi connectivity index (χ0) is 17.0. The molecular formula is C15H12ClN3O4. The number of halogens is 1. The van der Waals surface area contributed by atoms with Crippen LogP contribution in [0.25, 0.3) is 0 Å². The summed E-state index contributed by atoms with van der Waals surface area (Å²) in [5.74, 6) is -0.887. The summed E-state index contributed by atoms with van der Waals surface area (Å²) in [6.07, 6.45) is 0. The van der Waals surface area contributed by atoms with Crippen LogP contribution in [0.2, 0.25) is 5.02 Å². The van der Waals surface area contributed by atoms with Gasteiger partial charge in [-0.2, -0.15) is 5.10 Å². The number of nitro groups is 1. The van der Waals surface area contributed by atoms with Crippen molar-refractivity contribution in [2.24, 2.45) is 5.10 Å². The number of carbonyl (C=O) groups excluding carboxylic acids is 1. The van der Waals surface area contributed by atoms with Gasteiger partial charge in [0.15, 0.2) is 0 Å². The molecule has 0 aliphatic heterocycles. The van der Waals surface area contributed by atoms with Crippen LogP contribution >= 0.6 is 11.6 Å². The SMILES string of the molecule is C/C(=N\NC(=O)c1ccc(Cl)cc1O)c1cccc([N+](=O)[O-])c1. The van der Waals surface area contributed by atoms with Crippen LogP contribution in [0.3, 0.4) is 0 Å². The second-order valence-corrected chi connectivity index (χ2v) is 5.04. The Hall–Kier alpha value is -2.93. The number of carbonyl (C=O) groups is 1. The second kappa shape index (κ2) is 6.89. The normalized spacial score (nSPS) is 11.1. The van der Waals surface area contributed by atoms with Gasteiger partial charge in [-0.3, -0.25) is 14.9 Å². The van der Waals surface area contributed by atoms with E-state index >= 15 is 0 Å². The van der Waals surface area contributed by atoms with E-state index in [1.165, 1.54) is 36.4 Å². The summed E-state index contributed by atoms with van der Waals surface area (Å²) in [5, 5.41) is 24.6. The van der Waals surface area contributed by atoms with E-state index in [1.54, 1.807) is 13.0 Å². The van der Waals surface area contributed by atoms with Crippen LogP contribution < -0.4 is 5.43 Å². The first-order valence-corrected chi connectivity index (χ1v) is 6.84. The van der Waals surface area contributed by atoms with Crippen LogP contribution in [0, 0.1) is 10.1 Å². The number of benzene rings is 2. The largest absolute Gasteiger partial charge is 0.507 e. The van der Waals surface area contributed by atoms with E-state index in [4.69, 9.17) is 11.6 Å². The van der Waals surface area contributed by atoms with E-state index < -0.39 is 10.8 Å². The van der Waals surface area contributed by atoms with E-state index in [0.717, 1.165) is 0 Å². The van der Waals surface area contributed by atoms with Crippen molar-refractivity contribution in [1.82, 2.24) is 5.43 Å². The van der Waals surface area contributed by atoms with Crippen molar-refractivity contribution < 1.29 is 14.8 Å². The fourth-order valence-corrected chi connectivity index (χ4v) is 1.97. The smallest absolute Gasteiger partial charge is 0.275 e. The fraction of sp³-hybridized carbons (Fsp3) is 0.0667. The molecule has 23 heavy (non-hydrogen) atoms. The number of nitrogens with one attached hydrogen (secondary N) is 1. The van der Waals surface area contributed by atoms with Gasteiger partial charge < -0.3 is 5.11 Å². The van der Waals surface area contributed by atoms with E-state index in [9.17, 15) is 20.0 Å². The van der Waals surface area contributed by atoms with Crippen LogP contribution in [0.5, 0.6) is 5.75 Å². The molecule has 0 atom stereocenters. The Kier molecular flexibility index (Phi) is 4.92. The molecule has 8 heteroatoms. The number of amides is 1. The topological polar surface area (TPSA) is 105 Å². The molecule has 0 aliphatic rings. The molecule has 0 aliphatic carbocycles. The molecule has 0 fully saturated rings. The lowest BCUT2D eigenvalue weighted by Gasteiger charge is -2.05. The summed E-state index contributed by atoms with van der Waals surface area (Å²) >= 11 is 5.70. The van der Waals surface area contributed by atoms with Gasteiger partial charge in [0.25, 0.3) is 11.6 Å². The summed E-state index contributed by atoms with van der Waals surface area (Å²) in [7, 11) is 0. The number of nitrogens with zero attached hydrogens (tertiary/aromatic N) is 2. The maximum Gasteiger partial charge on any atom is 0.275 e. The van der Waals surface area contributed by atoms with Crippen molar-refractivity contribution >= 4 is 28.9 Å². The monoisotopic (exact) mass is 333 g/mol. The summed E-state index contributed by atoms with van der Waals surface area (Å²) in [5.41, 5.74) is 3.11. The Morgan fingerprint density at radius 1 is 1.30 bits per heavy atom. The van der Waals surface area contributed by atoms with Crippen molar-refractivity contribution in [3.05, 3.63) is 68.7 Å². The quantitative estimate of drug-likeness (QED) is 0.509. The Morgan fingerprint density at radius 3 is 2.70 bits per heavy atom. The summed E-state index contributed by atoms with van der Waals surface area (Å²) in [6, 6.07) is 9.95. The molecule has 2 rings (SSSR count). The maximum atomic E-state index is 12.0. The average molecular weight is 334 g/mol. The molecule has 0 saturated carbocycles. The van der Waals surface area contributed by atoms with Crippen molar-refractivity contribution in [2.75, 3.05) is 0 Å². The first-order valence-electron chi connectivity index (χ1n) is 6.46. The molecule has 0 spiro atoms. The highest BCUT2D eigenvalue weighted by Crippen LogP contribution is 2.21. The van der Waals surface area contributed by atoms with E-state index in [0.29, 0.717) is 16.3 Å². The van der Waals surface area contributed by atoms with Gasteiger partial charge in [-0.15, -0.1) is 0 Å². The third-order valence-electron chi connectivity index (χ3n) is 3.00. The molecule has 2 aromatic carbocycles. The number of non-ortho nitro benzene ring substituents is 1. The van der Waals surface area contributed by atoms with Crippen LogP contribution in [0.1, 0.15) is 22.8 Å². The predicted molar refractivity (Wildman–Crippen MR) is 85.9 cm³/mol. The summed E-state index contributed by atoms with van der Waals surface area (Å²) < 4.78 is 0. The number of phenols is 1. The lowest BCUT2D eigenvalue weighted by molar-refractivity contribution is -0.384. The van der Waals surface area contributed by atoms with Crippen LogP contribution in [0.4, 0.5) is 5.69 Å². The van der Waals surface area contributed by atoms with Gasteiger partial charge in [0.05, 0.1) is 16.2 Å². The van der Waals surface area contributed by atoms with Gasteiger partial charge in [0, 0.05) is 22.7 Å². The lowest BCUT2D eigenvalue weighted by atomic mass is 10.1. The van der Waals surface area contributed by atoms with Gasteiger partial charge in [-0.1, -0.05) is 23.7 Å². The zero-order valence-corrected chi connectivity index (χ0v) is 12.7. The number of hydrogen-bond donors (Lipinski definition) is 2. The zero-order valence-electron chi connectivity index (χ0n) is 12.0. The first kappa shape index (κ1) is 16.4. The number of hydrazone groups is 1. The predicted octanol–water partition coefficient (Wildman–Crippen LogP) is 3.11. The van der Waals surface area contributed by atoms with E-state index in [1.807, 2.05) is 0 Å². The van der Waals surface area contributed by atoms with Crippen molar-refractivity contribution in [2.45, 2.75) is 6.92 Å². The van der Waals surface area contributed by atoms with Gasteiger partial charge in [0.1, 0.15) is 5.75 Å². The minimum atomic E-state index is -0.621. The first-order chi connectivity index (χ1) is 10.9. The molecule has 1 amide bonds. The number of aromatic hydroxyl groups is 1. The third kappa shape index (κ3) is 4.04. The van der Waals surface area contributed by atoms with Crippen LogP contribution in [-0.2, 0) is 0 Å². The van der Waals surface area contributed by atoms with Crippen molar-refractivity contribution in [3.63, 3.8) is 0 Å². The third-order valence-corrected chi connectivity index (χ3v) is 3.24. The number of phenolic OH excluding ortho intramolecular Hbond substituents is 1. The highest BCUT2D eigenvalue weighted by atomic mass is 35.5. The number of hydrogen-bond acceptors (Lipinski definition) is 5. The van der Waals surface area contributed by atoms with E-state index in [-0.39, 0.29) is 17.0 Å². The molecule has 2 aromatic rings. The van der Waals surface area contributed by atoms with Crippen LogP contribution in [-0.4, -0.2) is 21.6 Å². The fourth-order valence-electron chi connectivity index (χ4n) is 1.80. The minimum Gasteiger partial charge on any atom is -0.507 e. The second-order valence-electron chi connectivity index (χ2n) is 4.61. The summed E-state index contributed by atoms with van der Waals surface area (Å²) in [6.45, 7) is 1.60. The molecule has 0 radical (unpaired) electrons. The lowest BCUT2D eigenvalue weighted by Crippen LogP contribution is -2.19. The Balaban J connectivity index is 2.17. The van der Waals surface area contributed by atoms with Gasteiger partial charge in [-0.05, 0) is 25.1 Å². The van der Waals surface area contributed by atoms with Crippen molar-refractivity contribution in [3.8, 4) is 5.75 Å². The number of rotatable bonds is 4. The Morgan fingerprint density at radius 2 is 2.04 bits per heavy atom. The Bertz CT molecular complexity index is 805. The molecule has 2 N–H and O–H groups in total. The summed E-state index contributed by atoms with van der Waals surface area (Å²) in [4.78, 5) is 22.2. The number of nitro benzene ring substituents is 1. The van der Waals surface area contributed by atoms with Crippen LogP contribution in [0.15, 0.2) is 47.6 Å². The van der Waals surface area contributed by atoms with E-state index in [2.05, 4.69) is 10.5 Å². The van der Waals surface area contributed by atoms with Crippen molar-refractivity contribution in [1.29, 1.82) is 0 Å². The minimum absolute atomic E-state index is 0.0185. The molecule has 0 heterocycles. The molecule has 7 nitrogen and oxygen atoms in total. The molecular weight excluding hydrogens is 322 g/mol. The van der Waals surface area contributed by atoms with Gasteiger partial charge in [-0.25, -0.2) is 5.43 Å². The average Bonchev–Trinajstić information content (AvgIpc) is 2.52. The molecule has 0 bridgehead atoms. The van der Waals surface area contributed by atoms with Gasteiger partial charge in [0.2, 0.25) is 0 Å². The molecule has 0 unspecified atom stereocenters. The Labute approximate surface area is 136 Å². The highest BCUT2D eigenvalue weighted by Gasteiger charge is 2.12.